The first-order chi connectivity index (χ1) is 12.8. The molecule has 132 valence electrons. The quantitative estimate of drug-likeness (QED) is 0.680. The fraction of sp³-hybridized carbons (Fsp3) is 0.286. The molecule has 0 amide bonds. The summed E-state index contributed by atoms with van der Waals surface area (Å²) in [6.07, 6.45) is 9.62. The zero-order chi connectivity index (χ0) is 17.8. The number of halogens is 1. The molecule has 0 saturated carbocycles. The highest BCUT2D eigenvalue weighted by Gasteiger charge is 2.25. The maximum atomic E-state index is 6.18. The molecule has 3 aromatic rings. The van der Waals surface area contributed by atoms with E-state index in [1.54, 1.807) is 12.4 Å². The van der Waals surface area contributed by atoms with Gasteiger partial charge in [0.1, 0.15) is 0 Å². The van der Waals surface area contributed by atoms with Gasteiger partial charge in [-0.2, -0.15) is 0 Å². The average molecular weight is 365 g/mol. The van der Waals surface area contributed by atoms with Crippen molar-refractivity contribution in [3.05, 3.63) is 77.5 Å². The number of pyridine rings is 1. The van der Waals surface area contributed by atoms with E-state index < -0.39 is 0 Å². The molecule has 1 fully saturated rings. The van der Waals surface area contributed by atoms with Crippen LogP contribution >= 0.6 is 11.6 Å². The normalized spacial score (nSPS) is 18.0. The van der Waals surface area contributed by atoms with E-state index in [1.807, 2.05) is 36.7 Å². The van der Waals surface area contributed by atoms with Gasteiger partial charge in [-0.05, 0) is 43.1 Å². The monoisotopic (exact) mass is 364 g/mol. The number of hydrogen-bond donors (Lipinski definition) is 0. The lowest BCUT2D eigenvalue weighted by Gasteiger charge is -2.33. The van der Waals surface area contributed by atoms with Crippen molar-refractivity contribution in [3.8, 4) is 11.3 Å². The van der Waals surface area contributed by atoms with Gasteiger partial charge < -0.3 is 0 Å². The van der Waals surface area contributed by atoms with Crippen LogP contribution in [0.2, 0.25) is 5.02 Å². The summed E-state index contributed by atoms with van der Waals surface area (Å²) in [6.45, 7) is 3.02. The smallest absolute Gasteiger partial charge is 0.0921 e. The van der Waals surface area contributed by atoms with Crippen LogP contribution in [0.1, 0.15) is 30.0 Å². The van der Waals surface area contributed by atoms with Gasteiger partial charge in [0.15, 0.2) is 0 Å². The highest BCUT2D eigenvalue weighted by atomic mass is 35.5. The van der Waals surface area contributed by atoms with Crippen molar-refractivity contribution in [1.29, 1.82) is 0 Å². The standard InChI is InChI=1S/C21H21ClN4/c22-19-7-1-5-17(12-19)20-21(25-10-9-24-20)18-6-3-11-26(15-18)14-16-4-2-8-23-13-16/h1-2,4-5,7-10,12-13,18H,3,6,11,14-15H2/t18-/m1/s1. The van der Waals surface area contributed by atoms with Gasteiger partial charge in [0.25, 0.3) is 0 Å². The van der Waals surface area contributed by atoms with Crippen LogP contribution in [-0.2, 0) is 6.54 Å². The second kappa shape index (κ2) is 7.94. The molecule has 1 atom stereocenters. The zero-order valence-corrected chi connectivity index (χ0v) is 15.3. The van der Waals surface area contributed by atoms with Gasteiger partial charge >= 0.3 is 0 Å². The molecule has 5 heteroatoms. The highest BCUT2D eigenvalue weighted by Crippen LogP contribution is 2.32. The minimum Gasteiger partial charge on any atom is -0.298 e. The first-order valence-corrected chi connectivity index (χ1v) is 9.35. The third-order valence-corrected chi connectivity index (χ3v) is 5.08. The van der Waals surface area contributed by atoms with Crippen LogP contribution in [0.4, 0.5) is 0 Å². The van der Waals surface area contributed by atoms with Crippen molar-refractivity contribution in [3.63, 3.8) is 0 Å². The molecule has 1 aliphatic rings. The van der Waals surface area contributed by atoms with Crippen LogP contribution in [0.25, 0.3) is 11.3 Å². The third-order valence-electron chi connectivity index (χ3n) is 4.85. The summed E-state index contributed by atoms with van der Waals surface area (Å²) in [4.78, 5) is 16.0. The Morgan fingerprint density at radius 3 is 2.85 bits per heavy atom. The molecule has 0 radical (unpaired) electrons. The number of benzene rings is 1. The molecular weight excluding hydrogens is 344 g/mol. The summed E-state index contributed by atoms with van der Waals surface area (Å²) < 4.78 is 0. The Morgan fingerprint density at radius 1 is 1.08 bits per heavy atom. The molecule has 1 aliphatic heterocycles. The number of piperidine rings is 1. The van der Waals surface area contributed by atoms with Gasteiger partial charge in [-0.25, -0.2) is 0 Å². The summed E-state index contributed by atoms with van der Waals surface area (Å²) in [5, 5.41) is 0.723. The molecule has 4 rings (SSSR count). The molecular formula is C21H21ClN4. The number of hydrogen-bond acceptors (Lipinski definition) is 4. The van der Waals surface area contributed by atoms with Crippen LogP contribution in [0, 0.1) is 0 Å². The fourth-order valence-corrected chi connectivity index (χ4v) is 3.87. The molecule has 4 nitrogen and oxygen atoms in total. The van der Waals surface area contributed by atoms with Gasteiger partial charge in [-0.15, -0.1) is 0 Å². The molecule has 0 unspecified atom stereocenters. The summed E-state index contributed by atoms with van der Waals surface area (Å²) in [6, 6.07) is 12.0. The van der Waals surface area contributed by atoms with Crippen molar-refractivity contribution in [2.45, 2.75) is 25.3 Å². The highest BCUT2D eigenvalue weighted by molar-refractivity contribution is 6.30. The van der Waals surface area contributed by atoms with E-state index in [0.29, 0.717) is 5.92 Å². The Morgan fingerprint density at radius 2 is 2.00 bits per heavy atom. The zero-order valence-electron chi connectivity index (χ0n) is 14.6. The molecule has 0 aliphatic carbocycles. The largest absolute Gasteiger partial charge is 0.298 e. The second-order valence-electron chi connectivity index (χ2n) is 6.74. The lowest BCUT2D eigenvalue weighted by atomic mass is 9.91. The predicted octanol–water partition coefficient (Wildman–Crippen LogP) is 4.57. The molecule has 2 aromatic heterocycles. The predicted molar refractivity (Wildman–Crippen MR) is 104 cm³/mol. The molecule has 1 aromatic carbocycles. The minimum absolute atomic E-state index is 0.378. The molecule has 0 N–H and O–H groups in total. The topological polar surface area (TPSA) is 41.9 Å². The SMILES string of the molecule is Clc1cccc(-c2nccnc2[C@@H]2CCCN(Cc3cccnc3)C2)c1. The molecule has 0 bridgehead atoms. The van der Waals surface area contributed by atoms with Crippen molar-refractivity contribution in [2.24, 2.45) is 0 Å². The number of nitrogens with zero attached hydrogens (tertiary/aromatic N) is 4. The maximum absolute atomic E-state index is 6.18. The Hall–Kier alpha value is -2.30. The molecule has 1 saturated heterocycles. The molecule has 3 heterocycles. The van der Waals surface area contributed by atoms with E-state index in [2.05, 4.69) is 27.0 Å². The van der Waals surface area contributed by atoms with E-state index in [0.717, 1.165) is 54.4 Å². The van der Waals surface area contributed by atoms with Gasteiger partial charge in [-0.1, -0.05) is 29.8 Å². The van der Waals surface area contributed by atoms with E-state index >= 15 is 0 Å². The first kappa shape index (κ1) is 17.1. The van der Waals surface area contributed by atoms with Gasteiger partial charge in [0.2, 0.25) is 0 Å². The number of likely N-dealkylation sites (tertiary alicyclic amines) is 1. The Balaban J connectivity index is 1.57. The van der Waals surface area contributed by atoms with E-state index in [9.17, 15) is 0 Å². The van der Waals surface area contributed by atoms with Crippen molar-refractivity contribution in [2.75, 3.05) is 13.1 Å². The van der Waals surface area contributed by atoms with Crippen LogP contribution in [-0.4, -0.2) is 32.9 Å². The van der Waals surface area contributed by atoms with E-state index in [-0.39, 0.29) is 0 Å². The first-order valence-electron chi connectivity index (χ1n) is 8.98. The Kier molecular flexibility index (Phi) is 5.23. The Bertz CT molecular complexity index is 869. The van der Waals surface area contributed by atoms with Crippen molar-refractivity contribution >= 4 is 11.6 Å². The summed E-state index contributed by atoms with van der Waals surface area (Å²) in [5.74, 6) is 0.378. The van der Waals surface area contributed by atoms with Crippen LogP contribution in [0.3, 0.4) is 0 Å². The maximum Gasteiger partial charge on any atom is 0.0921 e. The lowest BCUT2D eigenvalue weighted by molar-refractivity contribution is 0.198. The number of rotatable bonds is 4. The average Bonchev–Trinajstić information content (AvgIpc) is 2.69. The van der Waals surface area contributed by atoms with Crippen LogP contribution in [0.15, 0.2) is 61.2 Å². The third kappa shape index (κ3) is 3.92. The lowest BCUT2D eigenvalue weighted by Crippen LogP contribution is -2.34. The van der Waals surface area contributed by atoms with E-state index in [1.165, 1.54) is 5.56 Å². The van der Waals surface area contributed by atoms with Crippen molar-refractivity contribution < 1.29 is 0 Å². The second-order valence-corrected chi connectivity index (χ2v) is 7.17. The Labute approximate surface area is 158 Å². The molecule has 0 spiro atoms. The summed E-state index contributed by atoms with van der Waals surface area (Å²) >= 11 is 6.18. The summed E-state index contributed by atoms with van der Waals surface area (Å²) in [5.41, 5.74) is 4.31. The minimum atomic E-state index is 0.378. The van der Waals surface area contributed by atoms with Crippen LogP contribution < -0.4 is 0 Å². The van der Waals surface area contributed by atoms with E-state index in [4.69, 9.17) is 16.6 Å². The number of aromatic nitrogens is 3. The summed E-state index contributed by atoms with van der Waals surface area (Å²) in [7, 11) is 0. The fourth-order valence-electron chi connectivity index (χ4n) is 3.68. The van der Waals surface area contributed by atoms with Crippen molar-refractivity contribution in [1.82, 2.24) is 19.9 Å². The molecule has 26 heavy (non-hydrogen) atoms. The van der Waals surface area contributed by atoms with Crippen LogP contribution in [0.5, 0.6) is 0 Å². The van der Waals surface area contributed by atoms with Gasteiger partial charge in [0.05, 0.1) is 11.4 Å². The van der Waals surface area contributed by atoms with Gasteiger partial charge in [-0.3, -0.25) is 19.9 Å². The van der Waals surface area contributed by atoms with Gasteiger partial charge in [0, 0.05) is 54.4 Å².